The Morgan fingerprint density at radius 2 is 1.50 bits per heavy atom. The minimum Gasteiger partial charge on any atom is -0.397 e. The average molecular weight is 209 g/mol. The lowest BCUT2D eigenvalue weighted by molar-refractivity contribution is 1.50. The molecule has 4 N–H and O–H groups in total. The molecule has 3 heteroatoms. The first-order chi connectivity index (χ1) is 7.74. The Balaban J connectivity index is 2.46. The van der Waals surface area contributed by atoms with Crippen LogP contribution in [0.3, 0.4) is 0 Å². The molecule has 0 aliphatic carbocycles. The highest BCUT2D eigenvalue weighted by atomic mass is 14.7. The maximum atomic E-state index is 5.78. The lowest BCUT2D eigenvalue weighted by Gasteiger charge is -2.04. The fraction of sp³-hybridized carbons (Fsp3) is 0. The van der Waals surface area contributed by atoms with Crippen LogP contribution in [0.1, 0.15) is 0 Å². The summed E-state index contributed by atoms with van der Waals surface area (Å²) in [5.74, 6) is 0. The van der Waals surface area contributed by atoms with Crippen molar-refractivity contribution in [1.29, 1.82) is 0 Å². The zero-order chi connectivity index (χ0) is 11.1. The van der Waals surface area contributed by atoms with Crippen molar-refractivity contribution < 1.29 is 0 Å². The van der Waals surface area contributed by atoms with Crippen molar-refractivity contribution in [3.8, 4) is 0 Å². The van der Waals surface area contributed by atoms with Gasteiger partial charge >= 0.3 is 0 Å². The molecule has 0 saturated carbocycles. The number of benzene rings is 2. The van der Waals surface area contributed by atoms with E-state index >= 15 is 0 Å². The molecule has 0 spiro atoms. The second kappa shape index (κ2) is 3.10. The number of nitrogens with two attached hydrogens (primary N) is 2. The van der Waals surface area contributed by atoms with Crippen LogP contribution < -0.4 is 11.5 Å². The number of rotatable bonds is 0. The predicted octanol–water partition coefficient (Wildman–Crippen LogP) is 2.55. The summed E-state index contributed by atoms with van der Waals surface area (Å²) in [6, 6.07) is 13.8. The fourth-order valence-corrected chi connectivity index (χ4v) is 1.86. The topological polar surface area (TPSA) is 64.9 Å². The molecule has 2 aromatic carbocycles. The maximum Gasteiger partial charge on any atom is 0.0731 e. The molecule has 3 rings (SSSR count). The summed E-state index contributed by atoms with van der Waals surface area (Å²) >= 11 is 0. The van der Waals surface area contributed by atoms with Gasteiger partial charge in [0.15, 0.2) is 0 Å². The number of hydrogen-bond acceptors (Lipinski definition) is 3. The summed E-state index contributed by atoms with van der Waals surface area (Å²) < 4.78 is 0. The van der Waals surface area contributed by atoms with E-state index in [1.807, 2.05) is 36.4 Å². The van der Waals surface area contributed by atoms with Gasteiger partial charge in [0.05, 0.1) is 22.4 Å². The number of nitrogen functional groups attached to an aromatic ring is 2. The van der Waals surface area contributed by atoms with Gasteiger partial charge in [-0.3, -0.25) is 0 Å². The van der Waals surface area contributed by atoms with Gasteiger partial charge in [0.1, 0.15) is 0 Å². The lowest BCUT2D eigenvalue weighted by atomic mass is 10.1. The molecule has 16 heavy (non-hydrogen) atoms. The van der Waals surface area contributed by atoms with Crippen LogP contribution in [0.15, 0.2) is 42.5 Å². The molecule has 0 amide bonds. The van der Waals surface area contributed by atoms with E-state index in [1.165, 1.54) is 0 Å². The third-order valence-electron chi connectivity index (χ3n) is 2.72. The Morgan fingerprint density at radius 3 is 2.38 bits per heavy atom. The van der Waals surface area contributed by atoms with Crippen LogP contribution >= 0.6 is 0 Å². The SMILES string of the molecule is Nc1cc2cc3ccccc3nc2cc1N. The van der Waals surface area contributed by atoms with Gasteiger partial charge in [0.25, 0.3) is 0 Å². The minimum atomic E-state index is 0.579. The number of aromatic nitrogens is 1. The third-order valence-corrected chi connectivity index (χ3v) is 2.72. The summed E-state index contributed by atoms with van der Waals surface area (Å²) in [4.78, 5) is 4.54. The summed E-state index contributed by atoms with van der Waals surface area (Å²) in [6.45, 7) is 0. The summed E-state index contributed by atoms with van der Waals surface area (Å²) in [7, 11) is 0. The Hall–Kier alpha value is -2.29. The maximum absolute atomic E-state index is 5.78. The van der Waals surface area contributed by atoms with Crippen LogP contribution in [-0.4, -0.2) is 4.98 Å². The molecule has 3 aromatic rings. The van der Waals surface area contributed by atoms with E-state index < -0.39 is 0 Å². The number of fused-ring (bicyclic) bond motifs is 2. The fourth-order valence-electron chi connectivity index (χ4n) is 1.86. The van der Waals surface area contributed by atoms with Crippen molar-refractivity contribution in [3.63, 3.8) is 0 Å². The molecule has 0 radical (unpaired) electrons. The summed E-state index contributed by atoms with van der Waals surface area (Å²) in [6.07, 6.45) is 0. The van der Waals surface area contributed by atoms with Crippen LogP contribution in [0.5, 0.6) is 0 Å². The van der Waals surface area contributed by atoms with Gasteiger partial charge in [-0.15, -0.1) is 0 Å². The molecular formula is C13H11N3. The smallest absolute Gasteiger partial charge is 0.0731 e. The molecule has 0 atom stereocenters. The van der Waals surface area contributed by atoms with E-state index in [4.69, 9.17) is 11.5 Å². The van der Waals surface area contributed by atoms with Gasteiger partial charge in [-0.05, 0) is 24.3 Å². The van der Waals surface area contributed by atoms with Crippen LogP contribution in [-0.2, 0) is 0 Å². The van der Waals surface area contributed by atoms with Crippen LogP contribution in [0, 0.1) is 0 Å². The lowest BCUT2D eigenvalue weighted by Crippen LogP contribution is -1.95. The van der Waals surface area contributed by atoms with E-state index in [1.54, 1.807) is 0 Å². The molecule has 0 aliphatic heterocycles. The van der Waals surface area contributed by atoms with Gasteiger partial charge in [0, 0.05) is 10.8 Å². The van der Waals surface area contributed by atoms with Crippen LogP contribution in [0.2, 0.25) is 0 Å². The first-order valence-corrected chi connectivity index (χ1v) is 5.08. The Labute approximate surface area is 92.7 Å². The molecule has 0 fully saturated rings. The molecule has 1 heterocycles. The van der Waals surface area contributed by atoms with Crippen molar-refractivity contribution in [2.75, 3.05) is 11.5 Å². The first kappa shape index (κ1) is 8.97. The number of hydrogen-bond donors (Lipinski definition) is 2. The van der Waals surface area contributed by atoms with Gasteiger partial charge in [0.2, 0.25) is 0 Å². The van der Waals surface area contributed by atoms with Gasteiger partial charge in [-0.1, -0.05) is 18.2 Å². The Bertz CT molecular complexity index is 629. The monoisotopic (exact) mass is 209 g/mol. The molecule has 78 valence electrons. The van der Waals surface area contributed by atoms with Crippen molar-refractivity contribution in [1.82, 2.24) is 4.98 Å². The van der Waals surface area contributed by atoms with Crippen molar-refractivity contribution in [2.45, 2.75) is 0 Å². The zero-order valence-electron chi connectivity index (χ0n) is 8.64. The molecule has 0 unspecified atom stereocenters. The molecule has 3 nitrogen and oxygen atoms in total. The van der Waals surface area contributed by atoms with Crippen LogP contribution in [0.4, 0.5) is 11.4 Å². The zero-order valence-corrected chi connectivity index (χ0v) is 8.64. The van der Waals surface area contributed by atoms with Gasteiger partial charge < -0.3 is 11.5 Å². The predicted molar refractivity (Wildman–Crippen MR) is 68.1 cm³/mol. The molecule has 1 aromatic heterocycles. The van der Waals surface area contributed by atoms with Crippen molar-refractivity contribution in [3.05, 3.63) is 42.5 Å². The molecule has 0 aliphatic rings. The molecule has 0 saturated heterocycles. The summed E-state index contributed by atoms with van der Waals surface area (Å²) in [5.41, 5.74) is 14.6. The quantitative estimate of drug-likeness (QED) is 0.441. The van der Waals surface area contributed by atoms with Gasteiger partial charge in [-0.2, -0.15) is 0 Å². The Morgan fingerprint density at radius 1 is 0.750 bits per heavy atom. The Kier molecular flexibility index (Phi) is 1.74. The largest absolute Gasteiger partial charge is 0.397 e. The van der Waals surface area contributed by atoms with Crippen molar-refractivity contribution >= 4 is 33.2 Å². The minimum absolute atomic E-state index is 0.579. The van der Waals surface area contributed by atoms with Crippen LogP contribution in [0.25, 0.3) is 21.8 Å². The van der Waals surface area contributed by atoms with E-state index in [0.29, 0.717) is 11.4 Å². The van der Waals surface area contributed by atoms with E-state index in [0.717, 1.165) is 21.8 Å². The van der Waals surface area contributed by atoms with Gasteiger partial charge in [-0.25, -0.2) is 4.98 Å². The molecular weight excluding hydrogens is 198 g/mol. The van der Waals surface area contributed by atoms with Crippen molar-refractivity contribution in [2.24, 2.45) is 0 Å². The second-order valence-electron chi connectivity index (χ2n) is 3.85. The number of pyridine rings is 1. The highest BCUT2D eigenvalue weighted by Gasteiger charge is 2.02. The number of para-hydroxylation sites is 1. The average Bonchev–Trinajstić information content (AvgIpc) is 2.28. The number of anilines is 2. The standard InChI is InChI=1S/C13H11N3/c14-10-6-9-5-8-3-1-2-4-12(8)16-13(9)7-11(10)15/h1-7H,14-15H2. The van der Waals surface area contributed by atoms with E-state index in [9.17, 15) is 0 Å². The molecule has 0 bridgehead atoms. The third kappa shape index (κ3) is 1.26. The highest BCUT2D eigenvalue weighted by Crippen LogP contribution is 2.25. The second-order valence-corrected chi connectivity index (χ2v) is 3.85. The normalized spacial score (nSPS) is 11.0. The first-order valence-electron chi connectivity index (χ1n) is 5.08. The number of nitrogens with zero attached hydrogens (tertiary/aromatic N) is 1. The summed E-state index contributed by atoms with van der Waals surface area (Å²) in [5, 5.41) is 2.13. The van der Waals surface area contributed by atoms with E-state index in [2.05, 4.69) is 11.1 Å². The van der Waals surface area contributed by atoms with E-state index in [-0.39, 0.29) is 0 Å². The highest BCUT2D eigenvalue weighted by molar-refractivity contribution is 5.96.